The minimum Gasteiger partial charge on any atom is -0.486 e. The third kappa shape index (κ3) is 2.16. The number of ether oxygens (including phenoxy) is 1. The Kier molecular flexibility index (Phi) is 3.23. The van der Waals surface area contributed by atoms with E-state index in [1.165, 1.54) is 42.7 Å². The van der Waals surface area contributed by atoms with Crippen molar-refractivity contribution in [1.29, 1.82) is 0 Å². The second kappa shape index (κ2) is 5.57. The van der Waals surface area contributed by atoms with Crippen LogP contribution in [0.25, 0.3) is 21.5 Å². The molecule has 1 unspecified atom stereocenters. The summed E-state index contributed by atoms with van der Waals surface area (Å²) in [6.45, 7) is 4.91. The number of allylic oxidation sites excluding steroid dienone is 1. The molecular formula is C23H16ClNOS. The summed E-state index contributed by atoms with van der Waals surface area (Å²) in [6, 6.07) is 14.9. The van der Waals surface area contributed by atoms with Gasteiger partial charge in [-0.2, -0.15) is 0 Å². The Morgan fingerprint density at radius 2 is 1.89 bits per heavy atom. The van der Waals surface area contributed by atoms with Gasteiger partial charge < -0.3 is 9.64 Å². The Hall–Kier alpha value is -2.36. The molecule has 0 saturated heterocycles. The van der Waals surface area contributed by atoms with Crippen LogP contribution >= 0.6 is 23.4 Å². The Labute approximate surface area is 166 Å². The molecule has 0 fully saturated rings. The minimum atomic E-state index is 0.113. The topological polar surface area (TPSA) is 12.5 Å². The van der Waals surface area contributed by atoms with E-state index in [1.807, 2.05) is 23.9 Å². The van der Waals surface area contributed by atoms with Crippen molar-refractivity contribution in [1.82, 2.24) is 0 Å². The average molecular weight is 390 g/mol. The lowest BCUT2D eigenvalue weighted by atomic mass is 9.97. The molecule has 0 aromatic heterocycles. The molecule has 4 heteroatoms. The molecule has 3 aliphatic heterocycles. The van der Waals surface area contributed by atoms with Crippen molar-refractivity contribution in [3.8, 4) is 0 Å². The third-order valence-electron chi connectivity index (χ3n) is 5.58. The first-order valence-electron chi connectivity index (χ1n) is 9.08. The number of halogens is 1. The van der Waals surface area contributed by atoms with Crippen molar-refractivity contribution >= 4 is 50.6 Å². The molecule has 3 aromatic rings. The fraction of sp³-hybridized carbons (Fsp3) is 0.130. The fourth-order valence-corrected chi connectivity index (χ4v) is 5.99. The second-order valence-corrected chi connectivity index (χ2v) is 8.56. The molecule has 0 saturated carbocycles. The highest BCUT2D eigenvalue weighted by atomic mass is 35.5. The maximum Gasteiger partial charge on any atom is 0.128 e. The van der Waals surface area contributed by atoms with E-state index < -0.39 is 0 Å². The number of hydrogen-bond acceptors (Lipinski definition) is 3. The van der Waals surface area contributed by atoms with Gasteiger partial charge in [0.15, 0.2) is 0 Å². The SMILES string of the molecule is C=C1C=CC2=C3Sc4c(c5ccccc5c5cc(Cl)ccc45)N3CCC2O1. The van der Waals surface area contributed by atoms with E-state index in [4.69, 9.17) is 16.3 Å². The van der Waals surface area contributed by atoms with E-state index in [2.05, 4.69) is 54.0 Å². The molecule has 0 aliphatic carbocycles. The van der Waals surface area contributed by atoms with E-state index in [0.29, 0.717) is 0 Å². The highest BCUT2D eigenvalue weighted by Gasteiger charge is 2.38. The predicted molar refractivity (Wildman–Crippen MR) is 114 cm³/mol. The standard InChI is InChI=1S/C23H16ClNOS/c1-13-6-8-18-20(26-13)10-11-25-21-16-5-3-2-4-15(16)19-12-14(24)7-9-17(19)22(21)27-23(18)25/h2-9,12,20H,1,10-11H2. The lowest BCUT2D eigenvalue weighted by Crippen LogP contribution is -2.34. The van der Waals surface area contributed by atoms with Crippen LogP contribution in [0.4, 0.5) is 5.69 Å². The van der Waals surface area contributed by atoms with Crippen LogP contribution in [0.3, 0.4) is 0 Å². The van der Waals surface area contributed by atoms with E-state index in [0.717, 1.165) is 23.7 Å². The van der Waals surface area contributed by atoms with Gasteiger partial charge >= 0.3 is 0 Å². The van der Waals surface area contributed by atoms with Crippen LogP contribution in [0.5, 0.6) is 0 Å². The van der Waals surface area contributed by atoms with Gasteiger partial charge in [0, 0.05) is 33.8 Å². The van der Waals surface area contributed by atoms with E-state index in [-0.39, 0.29) is 6.10 Å². The van der Waals surface area contributed by atoms with E-state index >= 15 is 0 Å². The number of hydrogen-bond donors (Lipinski definition) is 0. The van der Waals surface area contributed by atoms with Gasteiger partial charge in [0.1, 0.15) is 11.9 Å². The van der Waals surface area contributed by atoms with Crippen molar-refractivity contribution in [3.05, 3.63) is 82.6 Å². The maximum atomic E-state index is 6.34. The number of anilines is 1. The summed E-state index contributed by atoms with van der Waals surface area (Å²) in [5.41, 5.74) is 2.59. The van der Waals surface area contributed by atoms with Crippen LogP contribution in [0, 0.1) is 0 Å². The van der Waals surface area contributed by atoms with Crippen LogP contribution in [0.1, 0.15) is 6.42 Å². The van der Waals surface area contributed by atoms with Gasteiger partial charge in [-0.3, -0.25) is 0 Å². The maximum absolute atomic E-state index is 6.34. The summed E-state index contributed by atoms with van der Waals surface area (Å²) >= 11 is 8.20. The Bertz CT molecular complexity index is 1230. The largest absolute Gasteiger partial charge is 0.486 e. The molecule has 6 rings (SSSR count). The van der Waals surface area contributed by atoms with Crippen LogP contribution in [0.15, 0.2) is 82.5 Å². The summed E-state index contributed by atoms with van der Waals surface area (Å²) in [5, 5.41) is 7.09. The molecule has 1 atom stereocenters. The molecular weight excluding hydrogens is 374 g/mol. The predicted octanol–water partition coefficient (Wildman–Crippen LogP) is 6.64. The third-order valence-corrected chi connectivity index (χ3v) is 7.08. The van der Waals surface area contributed by atoms with Crippen molar-refractivity contribution in [2.24, 2.45) is 0 Å². The Balaban J connectivity index is 1.70. The van der Waals surface area contributed by atoms with Crippen molar-refractivity contribution in [3.63, 3.8) is 0 Å². The molecule has 132 valence electrons. The van der Waals surface area contributed by atoms with Crippen molar-refractivity contribution < 1.29 is 4.74 Å². The summed E-state index contributed by atoms with van der Waals surface area (Å²) < 4.78 is 5.99. The molecule has 0 amide bonds. The van der Waals surface area contributed by atoms with Crippen LogP contribution < -0.4 is 4.90 Å². The first kappa shape index (κ1) is 15.7. The number of rotatable bonds is 0. The van der Waals surface area contributed by atoms with Crippen LogP contribution in [-0.4, -0.2) is 12.6 Å². The quantitative estimate of drug-likeness (QED) is 0.400. The molecule has 3 aromatic carbocycles. The van der Waals surface area contributed by atoms with Gasteiger partial charge in [-0.25, -0.2) is 0 Å². The minimum absolute atomic E-state index is 0.113. The zero-order valence-electron chi connectivity index (χ0n) is 14.5. The van der Waals surface area contributed by atoms with E-state index in [1.54, 1.807) is 0 Å². The molecule has 0 N–H and O–H groups in total. The van der Waals surface area contributed by atoms with Gasteiger partial charge in [-0.1, -0.05) is 60.3 Å². The van der Waals surface area contributed by atoms with Crippen LogP contribution in [0.2, 0.25) is 5.02 Å². The van der Waals surface area contributed by atoms with Crippen molar-refractivity contribution in [2.75, 3.05) is 11.4 Å². The summed E-state index contributed by atoms with van der Waals surface area (Å²) in [5.74, 6) is 0.754. The Morgan fingerprint density at radius 3 is 2.78 bits per heavy atom. The summed E-state index contributed by atoms with van der Waals surface area (Å²) in [4.78, 5) is 3.80. The molecule has 0 spiro atoms. The normalized spacial score (nSPS) is 20.7. The first-order valence-corrected chi connectivity index (χ1v) is 10.3. The zero-order chi connectivity index (χ0) is 18.1. The fourth-order valence-electron chi connectivity index (χ4n) is 4.41. The average Bonchev–Trinajstić information content (AvgIpc) is 3.08. The summed E-state index contributed by atoms with van der Waals surface area (Å²) in [7, 11) is 0. The lowest BCUT2D eigenvalue weighted by Gasteiger charge is -2.35. The monoisotopic (exact) mass is 389 g/mol. The first-order chi connectivity index (χ1) is 13.2. The van der Waals surface area contributed by atoms with Gasteiger partial charge in [-0.15, -0.1) is 0 Å². The van der Waals surface area contributed by atoms with E-state index in [9.17, 15) is 0 Å². The van der Waals surface area contributed by atoms with Crippen LogP contribution in [-0.2, 0) is 4.74 Å². The van der Waals surface area contributed by atoms with Gasteiger partial charge in [0.2, 0.25) is 0 Å². The summed E-state index contributed by atoms with van der Waals surface area (Å²) in [6.07, 6.45) is 5.23. The molecule has 3 aliphatic rings. The molecule has 0 radical (unpaired) electrons. The molecule has 3 heterocycles. The number of fused-ring (bicyclic) bond motifs is 9. The molecule has 2 nitrogen and oxygen atoms in total. The smallest absolute Gasteiger partial charge is 0.128 e. The number of nitrogens with zero attached hydrogens (tertiary/aromatic N) is 1. The number of thioether (sulfide) groups is 1. The Morgan fingerprint density at radius 1 is 1.04 bits per heavy atom. The zero-order valence-corrected chi connectivity index (χ0v) is 16.1. The highest BCUT2D eigenvalue weighted by molar-refractivity contribution is 8.04. The molecule has 0 bridgehead atoms. The van der Waals surface area contributed by atoms with Gasteiger partial charge in [-0.05, 0) is 40.4 Å². The molecule has 27 heavy (non-hydrogen) atoms. The number of benzene rings is 3. The second-order valence-electron chi connectivity index (χ2n) is 7.12. The van der Waals surface area contributed by atoms with Crippen molar-refractivity contribution in [2.45, 2.75) is 17.4 Å². The lowest BCUT2D eigenvalue weighted by molar-refractivity contribution is 0.143. The highest BCUT2D eigenvalue weighted by Crippen LogP contribution is 2.56. The van der Waals surface area contributed by atoms with Gasteiger partial charge in [0.05, 0.1) is 10.7 Å². The van der Waals surface area contributed by atoms with Gasteiger partial charge in [0.25, 0.3) is 0 Å².